The van der Waals surface area contributed by atoms with Crippen LogP contribution in [0.25, 0.3) is 5.52 Å². The van der Waals surface area contributed by atoms with Gasteiger partial charge in [0.15, 0.2) is 0 Å². The molecule has 0 amide bonds. The average molecular weight is 229 g/mol. The maximum absolute atomic E-state index is 4.61. The van der Waals surface area contributed by atoms with Crippen molar-refractivity contribution in [2.75, 3.05) is 7.05 Å². The molecule has 0 aromatic carbocycles. The van der Waals surface area contributed by atoms with Gasteiger partial charge in [-0.25, -0.2) is 4.98 Å². The van der Waals surface area contributed by atoms with Crippen molar-refractivity contribution < 1.29 is 0 Å². The lowest BCUT2D eigenvalue weighted by atomic mass is 9.85. The summed E-state index contributed by atoms with van der Waals surface area (Å²) in [7, 11) is 2.07. The number of hydrogen-bond acceptors (Lipinski definition) is 2. The van der Waals surface area contributed by atoms with Crippen LogP contribution >= 0.6 is 0 Å². The Morgan fingerprint density at radius 2 is 2.06 bits per heavy atom. The summed E-state index contributed by atoms with van der Waals surface area (Å²) in [4.78, 5) is 4.61. The maximum Gasteiger partial charge on any atom is 0.116 e. The average Bonchev–Trinajstić information content (AvgIpc) is 2.83. The Bertz CT molecular complexity index is 495. The van der Waals surface area contributed by atoms with E-state index in [1.165, 1.54) is 37.0 Å². The largest absolute Gasteiger partial charge is 0.317 e. The number of rotatable bonds is 2. The van der Waals surface area contributed by atoms with E-state index in [4.69, 9.17) is 0 Å². The zero-order valence-electron chi connectivity index (χ0n) is 10.3. The van der Waals surface area contributed by atoms with Crippen LogP contribution in [0.2, 0.25) is 0 Å². The van der Waals surface area contributed by atoms with Crippen molar-refractivity contribution in [1.82, 2.24) is 14.7 Å². The Morgan fingerprint density at radius 1 is 1.24 bits per heavy atom. The van der Waals surface area contributed by atoms with Gasteiger partial charge in [-0.2, -0.15) is 0 Å². The van der Waals surface area contributed by atoms with Crippen LogP contribution in [0.3, 0.4) is 0 Å². The van der Waals surface area contributed by atoms with Crippen molar-refractivity contribution >= 4 is 5.52 Å². The third-order valence-electron chi connectivity index (χ3n) is 3.97. The molecule has 0 aliphatic heterocycles. The van der Waals surface area contributed by atoms with Crippen LogP contribution in [0.4, 0.5) is 0 Å². The van der Waals surface area contributed by atoms with E-state index < -0.39 is 0 Å². The normalized spacial score (nSPS) is 25.2. The fourth-order valence-corrected chi connectivity index (χ4v) is 2.91. The third-order valence-corrected chi connectivity index (χ3v) is 3.97. The molecule has 0 spiro atoms. The van der Waals surface area contributed by atoms with Crippen LogP contribution in [-0.2, 0) is 0 Å². The van der Waals surface area contributed by atoms with Crippen molar-refractivity contribution in [3.8, 4) is 0 Å². The van der Waals surface area contributed by atoms with Crippen LogP contribution in [-0.4, -0.2) is 22.5 Å². The van der Waals surface area contributed by atoms with Crippen LogP contribution < -0.4 is 5.32 Å². The minimum atomic E-state index is 0.629. The van der Waals surface area contributed by atoms with Gasteiger partial charge in [-0.05, 0) is 44.9 Å². The lowest BCUT2D eigenvalue weighted by Gasteiger charge is -2.27. The fraction of sp³-hybridized carbons (Fsp3) is 0.500. The second-order valence-corrected chi connectivity index (χ2v) is 4.95. The molecule has 0 atom stereocenters. The highest BCUT2D eigenvalue weighted by molar-refractivity contribution is 5.45. The van der Waals surface area contributed by atoms with Gasteiger partial charge in [-0.3, -0.25) is 0 Å². The number of aromatic nitrogens is 2. The van der Waals surface area contributed by atoms with E-state index in [0.717, 1.165) is 0 Å². The van der Waals surface area contributed by atoms with Gasteiger partial charge < -0.3 is 9.72 Å². The summed E-state index contributed by atoms with van der Waals surface area (Å²) in [6.45, 7) is 0. The maximum atomic E-state index is 4.61. The summed E-state index contributed by atoms with van der Waals surface area (Å²) in [5.74, 6) is 1.87. The van der Waals surface area contributed by atoms with Crippen molar-refractivity contribution in [3.63, 3.8) is 0 Å². The smallest absolute Gasteiger partial charge is 0.116 e. The lowest BCUT2D eigenvalue weighted by molar-refractivity contribution is 0.350. The Hall–Kier alpha value is -1.35. The second-order valence-electron chi connectivity index (χ2n) is 4.95. The second kappa shape index (κ2) is 4.49. The summed E-state index contributed by atoms with van der Waals surface area (Å²) >= 11 is 0. The predicted octanol–water partition coefficient (Wildman–Crippen LogP) is 2.58. The molecule has 3 rings (SSSR count). The van der Waals surface area contributed by atoms with Crippen molar-refractivity contribution in [2.24, 2.45) is 0 Å². The van der Waals surface area contributed by atoms with E-state index in [0.29, 0.717) is 12.0 Å². The zero-order chi connectivity index (χ0) is 11.7. The minimum Gasteiger partial charge on any atom is -0.317 e. The highest BCUT2D eigenvalue weighted by Gasteiger charge is 2.24. The first-order valence-electron chi connectivity index (χ1n) is 6.47. The molecule has 0 unspecified atom stereocenters. The molecule has 2 aromatic heterocycles. The summed E-state index contributed by atoms with van der Waals surface area (Å²) < 4.78 is 2.24. The summed E-state index contributed by atoms with van der Waals surface area (Å²) in [5.41, 5.74) is 1.21. The Labute approximate surface area is 102 Å². The molecule has 2 aromatic rings. The Balaban J connectivity index is 1.85. The van der Waals surface area contributed by atoms with Gasteiger partial charge >= 0.3 is 0 Å². The monoisotopic (exact) mass is 229 g/mol. The molecule has 0 bridgehead atoms. The molecular weight excluding hydrogens is 210 g/mol. The van der Waals surface area contributed by atoms with Crippen LogP contribution in [0.15, 0.2) is 30.6 Å². The van der Waals surface area contributed by atoms with E-state index in [9.17, 15) is 0 Å². The van der Waals surface area contributed by atoms with E-state index in [1.54, 1.807) is 0 Å². The van der Waals surface area contributed by atoms with Crippen molar-refractivity contribution in [2.45, 2.75) is 37.6 Å². The number of fused-ring (bicyclic) bond motifs is 1. The minimum absolute atomic E-state index is 0.629. The quantitative estimate of drug-likeness (QED) is 0.857. The van der Waals surface area contributed by atoms with Crippen LogP contribution in [0.1, 0.15) is 37.4 Å². The van der Waals surface area contributed by atoms with Gasteiger partial charge in [-0.1, -0.05) is 6.07 Å². The van der Waals surface area contributed by atoms with Gasteiger partial charge in [0.05, 0.1) is 11.7 Å². The van der Waals surface area contributed by atoms with E-state index >= 15 is 0 Å². The van der Waals surface area contributed by atoms with Gasteiger partial charge in [-0.15, -0.1) is 0 Å². The predicted molar refractivity (Wildman–Crippen MR) is 69.2 cm³/mol. The molecule has 90 valence electrons. The molecule has 1 N–H and O–H groups in total. The third kappa shape index (κ3) is 1.95. The number of nitrogens with one attached hydrogen (secondary N) is 1. The molecule has 2 heterocycles. The van der Waals surface area contributed by atoms with E-state index in [2.05, 4.69) is 46.1 Å². The molecule has 1 fully saturated rings. The molecule has 3 heteroatoms. The summed E-state index contributed by atoms with van der Waals surface area (Å²) in [6, 6.07) is 6.98. The van der Waals surface area contributed by atoms with Gasteiger partial charge in [0.2, 0.25) is 0 Å². The molecule has 1 aliphatic carbocycles. The topological polar surface area (TPSA) is 29.3 Å². The van der Waals surface area contributed by atoms with Crippen molar-refractivity contribution in [1.29, 1.82) is 0 Å². The molecule has 0 saturated heterocycles. The fourth-order valence-electron chi connectivity index (χ4n) is 2.91. The Kier molecular flexibility index (Phi) is 2.85. The lowest BCUT2D eigenvalue weighted by Crippen LogP contribution is -2.29. The molecule has 0 radical (unpaired) electrons. The van der Waals surface area contributed by atoms with Gasteiger partial charge in [0, 0.05) is 18.2 Å². The van der Waals surface area contributed by atoms with E-state index in [1.807, 2.05) is 6.20 Å². The number of hydrogen-bond donors (Lipinski definition) is 1. The molecule has 17 heavy (non-hydrogen) atoms. The summed E-state index contributed by atoms with van der Waals surface area (Å²) in [6.07, 6.45) is 9.15. The first-order valence-corrected chi connectivity index (χ1v) is 6.47. The highest BCUT2D eigenvalue weighted by atomic mass is 15.0. The van der Waals surface area contributed by atoms with E-state index in [-0.39, 0.29) is 0 Å². The van der Waals surface area contributed by atoms with Gasteiger partial charge in [0.1, 0.15) is 5.82 Å². The van der Waals surface area contributed by atoms with Crippen LogP contribution in [0.5, 0.6) is 0 Å². The molecule has 3 nitrogen and oxygen atoms in total. The molecule has 1 saturated carbocycles. The first kappa shape index (κ1) is 10.8. The van der Waals surface area contributed by atoms with Crippen LogP contribution in [0, 0.1) is 0 Å². The van der Waals surface area contributed by atoms with Crippen molar-refractivity contribution in [3.05, 3.63) is 36.4 Å². The molecular formula is C14H19N3. The number of imidazole rings is 1. The Morgan fingerprint density at radius 3 is 2.82 bits per heavy atom. The molecule has 1 aliphatic rings. The summed E-state index contributed by atoms with van der Waals surface area (Å²) in [5, 5.41) is 3.38. The standard InChI is InChI=1S/C14H19N3/c1-15-12-7-5-11(6-8-12)14-16-10-13-4-2-3-9-17(13)14/h2-4,9-12,15H,5-8H2,1H3. The zero-order valence-corrected chi connectivity index (χ0v) is 10.3. The highest BCUT2D eigenvalue weighted by Crippen LogP contribution is 2.32. The number of pyridine rings is 1. The van der Waals surface area contributed by atoms with Gasteiger partial charge in [0.25, 0.3) is 0 Å². The SMILES string of the molecule is CNC1CCC(c2ncc3ccccn23)CC1. The first-order chi connectivity index (χ1) is 8.38. The number of nitrogens with zero attached hydrogens (tertiary/aromatic N) is 2.